The Balaban J connectivity index is 2.49. The molecule has 98 valence electrons. The molecule has 0 saturated carbocycles. The van der Waals surface area contributed by atoms with Crippen molar-refractivity contribution in [1.29, 1.82) is 0 Å². The second kappa shape index (κ2) is 5.58. The molecule has 0 atom stereocenters. The summed E-state index contributed by atoms with van der Waals surface area (Å²) in [5.41, 5.74) is 2.42. The van der Waals surface area contributed by atoms with Crippen LogP contribution in [0.3, 0.4) is 0 Å². The zero-order valence-corrected chi connectivity index (χ0v) is 11.1. The Morgan fingerprint density at radius 1 is 1.56 bits per heavy atom. The molecule has 0 aliphatic rings. The van der Waals surface area contributed by atoms with E-state index in [1.54, 1.807) is 0 Å². The number of furan rings is 1. The average molecular weight is 270 g/mol. The number of nitrogens with one attached hydrogen (secondary N) is 2. The van der Waals surface area contributed by atoms with Gasteiger partial charge in [-0.1, -0.05) is 0 Å². The average Bonchev–Trinajstić information content (AvgIpc) is 2.63. The molecule has 0 spiro atoms. The molecule has 1 rings (SSSR count). The van der Waals surface area contributed by atoms with E-state index in [0.29, 0.717) is 5.11 Å². The lowest BCUT2D eigenvalue weighted by Crippen LogP contribution is -2.44. The maximum absolute atomic E-state index is 10.4. The standard InChI is InChI=1S/C10H14N4O3S/c1-10(2,3)12-9(18)13-11-6-7-4-5-8(17-7)14(15)16/h4-6H,1-3H3,(H2,12,13,18)/b11-6+. The number of thiocarbonyl (C=S) groups is 1. The topological polar surface area (TPSA) is 92.7 Å². The second-order valence-electron chi connectivity index (χ2n) is 4.51. The second-order valence-corrected chi connectivity index (χ2v) is 4.92. The Bertz CT molecular complexity index is 476. The van der Waals surface area contributed by atoms with Gasteiger partial charge in [0.1, 0.15) is 4.92 Å². The summed E-state index contributed by atoms with van der Waals surface area (Å²) in [6.45, 7) is 5.88. The minimum Gasteiger partial charge on any atom is -0.400 e. The van der Waals surface area contributed by atoms with Gasteiger partial charge in [0.05, 0.1) is 12.3 Å². The summed E-state index contributed by atoms with van der Waals surface area (Å²) >= 11 is 4.99. The van der Waals surface area contributed by atoms with Crippen molar-refractivity contribution in [3.8, 4) is 0 Å². The largest absolute Gasteiger partial charge is 0.433 e. The Labute approximate surface area is 109 Å². The number of hydrazone groups is 1. The monoisotopic (exact) mass is 270 g/mol. The highest BCUT2D eigenvalue weighted by molar-refractivity contribution is 7.80. The normalized spacial score (nSPS) is 11.5. The van der Waals surface area contributed by atoms with Crippen LogP contribution in [0.15, 0.2) is 21.7 Å². The van der Waals surface area contributed by atoms with E-state index in [1.165, 1.54) is 18.3 Å². The first kappa shape index (κ1) is 14.1. The summed E-state index contributed by atoms with van der Waals surface area (Å²) in [6, 6.07) is 2.70. The first-order valence-electron chi connectivity index (χ1n) is 5.13. The molecular formula is C10H14N4O3S. The highest BCUT2D eigenvalue weighted by Crippen LogP contribution is 2.13. The van der Waals surface area contributed by atoms with Crippen LogP contribution in [-0.2, 0) is 0 Å². The van der Waals surface area contributed by atoms with Gasteiger partial charge in [0.15, 0.2) is 10.9 Å². The molecule has 0 amide bonds. The molecular weight excluding hydrogens is 256 g/mol. The number of hydrogen-bond donors (Lipinski definition) is 2. The van der Waals surface area contributed by atoms with Gasteiger partial charge in [0.2, 0.25) is 0 Å². The van der Waals surface area contributed by atoms with Crippen LogP contribution in [0.5, 0.6) is 0 Å². The smallest absolute Gasteiger partial charge is 0.400 e. The summed E-state index contributed by atoms with van der Waals surface area (Å²) in [5.74, 6) is -0.0559. The summed E-state index contributed by atoms with van der Waals surface area (Å²) in [5, 5.41) is 17.5. The van der Waals surface area contributed by atoms with Crippen LogP contribution in [0, 0.1) is 10.1 Å². The predicted octanol–water partition coefficient (Wildman–Crippen LogP) is 1.78. The van der Waals surface area contributed by atoms with E-state index >= 15 is 0 Å². The van der Waals surface area contributed by atoms with Crippen molar-refractivity contribution in [1.82, 2.24) is 10.7 Å². The fourth-order valence-corrected chi connectivity index (χ4v) is 1.39. The lowest BCUT2D eigenvalue weighted by molar-refractivity contribution is -0.402. The molecule has 0 fully saturated rings. The van der Waals surface area contributed by atoms with Gasteiger partial charge in [-0.3, -0.25) is 15.5 Å². The van der Waals surface area contributed by atoms with Crippen molar-refractivity contribution in [3.63, 3.8) is 0 Å². The lowest BCUT2D eigenvalue weighted by Gasteiger charge is -2.21. The molecule has 1 heterocycles. The minimum atomic E-state index is -0.615. The van der Waals surface area contributed by atoms with Gasteiger partial charge in [0.25, 0.3) is 0 Å². The quantitative estimate of drug-likeness (QED) is 0.376. The van der Waals surface area contributed by atoms with Gasteiger partial charge in [-0.05, 0) is 39.1 Å². The van der Waals surface area contributed by atoms with E-state index < -0.39 is 4.92 Å². The van der Waals surface area contributed by atoms with E-state index in [-0.39, 0.29) is 17.2 Å². The third kappa shape index (κ3) is 4.91. The molecule has 0 bridgehead atoms. The summed E-state index contributed by atoms with van der Waals surface area (Å²) in [7, 11) is 0. The van der Waals surface area contributed by atoms with Crippen LogP contribution in [-0.4, -0.2) is 21.8 Å². The fraction of sp³-hybridized carbons (Fsp3) is 0.400. The highest BCUT2D eigenvalue weighted by Gasteiger charge is 2.11. The molecule has 0 unspecified atom stereocenters. The molecule has 0 radical (unpaired) electrons. The predicted molar refractivity (Wildman–Crippen MR) is 71.6 cm³/mol. The van der Waals surface area contributed by atoms with Gasteiger partial charge in [-0.2, -0.15) is 5.10 Å². The van der Waals surface area contributed by atoms with Crippen molar-refractivity contribution >= 4 is 29.4 Å². The third-order valence-electron chi connectivity index (χ3n) is 1.64. The zero-order chi connectivity index (χ0) is 13.8. The Morgan fingerprint density at radius 2 is 2.22 bits per heavy atom. The van der Waals surface area contributed by atoms with Gasteiger partial charge in [-0.15, -0.1) is 0 Å². The minimum absolute atomic E-state index is 0.164. The van der Waals surface area contributed by atoms with Crippen molar-refractivity contribution in [3.05, 3.63) is 28.0 Å². The van der Waals surface area contributed by atoms with Crippen LogP contribution in [0.1, 0.15) is 26.5 Å². The molecule has 7 nitrogen and oxygen atoms in total. The molecule has 0 saturated heterocycles. The van der Waals surface area contributed by atoms with Crippen molar-refractivity contribution in [2.75, 3.05) is 0 Å². The molecule has 2 N–H and O–H groups in total. The molecule has 1 aromatic rings. The number of rotatable bonds is 3. The van der Waals surface area contributed by atoms with Crippen molar-refractivity contribution in [2.24, 2.45) is 5.10 Å². The van der Waals surface area contributed by atoms with E-state index in [4.69, 9.17) is 16.6 Å². The third-order valence-corrected chi connectivity index (χ3v) is 1.83. The van der Waals surface area contributed by atoms with E-state index in [0.717, 1.165) is 0 Å². The molecule has 8 heteroatoms. The highest BCUT2D eigenvalue weighted by atomic mass is 32.1. The van der Waals surface area contributed by atoms with E-state index in [1.807, 2.05) is 20.8 Å². The zero-order valence-electron chi connectivity index (χ0n) is 10.3. The van der Waals surface area contributed by atoms with Crippen LogP contribution in [0.25, 0.3) is 0 Å². The maximum atomic E-state index is 10.4. The van der Waals surface area contributed by atoms with Crippen LogP contribution < -0.4 is 10.7 Å². The Morgan fingerprint density at radius 3 is 2.72 bits per heavy atom. The van der Waals surface area contributed by atoms with Crippen molar-refractivity contribution in [2.45, 2.75) is 26.3 Å². The van der Waals surface area contributed by atoms with Gasteiger partial charge in [0, 0.05) is 5.54 Å². The summed E-state index contributed by atoms with van der Waals surface area (Å²) in [6.07, 6.45) is 1.31. The first-order chi connectivity index (χ1) is 8.28. The van der Waals surface area contributed by atoms with E-state index in [9.17, 15) is 10.1 Å². The van der Waals surface area contributed by atoms with Crippen molar-refractivity contribution < 1.29 is 9.34 Å². The number of nitro groups is 1. The summed E-state index contributed by atoms with van der Waals surface area (Å²) in [4.78, 5) is 9.76. The molecule has 0 aliphatic carbocycles. The van der Waals surface area contributed by atoms with Crippen LogP contribution in [0.4, 0.5) is 5.88 Å². The van der Waals surface area contributed by atoms with Gasteiger partial charge >= 0.3 is 5.88 Å². The SMILES string of the molecule is CC(C)(C)NC(=S)N/N=C/c1ccc([N+](=O)[O-])o1. The first-order valence-corrected chi connectivity index (χ1v) is 5.54. The lowest BCUT2D eigenvalue weighted by atomic mass is 10.1. The number of nitrogens with zero attached hydrogens (tertiary/aromatic N) is 2. The molecule has 0 aliphatic heterocycles. The fourth-order valence-electron chi connectivity index (χ4n) is 1.03. The van der Waals surface area contributed by atoms with Crippen LogP contribution in [0.2, 0.25) is 0 Å². The summed E-state index contributed by atoms with van der Waals surface area (Å²) < 4.78 is 4.88. The molecule has 0 aromatic carbocycles. The Kier molecular flexibility index (Phi) is 4.38. The number of hydrogen-bond acceptors (Lipinski definition) is 5. The maximum Gasteiger partial charge on any atom is 0.433 e. The Hall–Kier alpha value is -1.96. The van der Waals surface area contributed by atoms with Gasteiger partial charge < -0.3 is 9.73 Å². The van der Waals surface area contributed by atoms with Gasteiger partial charge in [-0.25, -0.2) is 0 Å². The molecule has 18 heavy (non-hydrogen) atoms. The molecule has 1 aromatic heterocycles. The van der Waals surface area contributed by atoms with E-state index in [2.05, 4.69) is 15.8 Å². The van der Waals surface area contributed by atoms with Crippen LogP contribution >= 0.6 is 12.2 Å².